The molecule has 0 bridgehead atoms. The average Bonchev–Trinajstić information content (AvgIpc) is 2.87. The molecule has 1 aliphatic rings. The molecule has 4 nitrogen and oxygen atoms in total. The first-order valence-electron chi connectivity index (χ1n) is 7.29. The lowest BCUT2D eigenvalue weighted by atomic mass is 10.0. The highest BCUT2D eigenvalue weighted by Crippen LogP contribution is 2.35. The van der Waals surface area contributed by atoms with E-state index in [0.29, 0.717) is 11.6 Å². The number of hydrogen-bond donors (Lipinski definition) is 2. The molecule has 1 saturated heterocycles. The zero-order valence-corrected chi connectivity index (χ0v) is 12.7. The van der Waals surface area contributed by atoms with Gasteiger partial charge in [0.15, 0.2) is 0 Å². The molecule has 2 N–H and O–H groups in total. The number of anilines is 1. The first-order valence-corrected chi connectivity index (χ1v) is 7.29. The Morgan fingerprint density at radius 1 is 1.55 bits per heavy atom. The van der Waals surface area contributed by atoms with Crippen molar-refractivity contribution in [2.24, 2.45) is 0 Å². The summed E-state index contributed by atoms with van der Waals surface area (Å²) in [6.45, 7) is 5.65. The van der Waals surface area contributed by atoms with E-state index in [1.807, 2.05) is 19.1 Å². The molecule has 122 valence electrons. The van der Waals surface area contributed by atoms with E-state index in [2.05, 4.69) is 22.2 Å². The Morgan fingerprint density at radius 3 is 2.82 bits per heavy atom. The van der Waals surface area contributed by atoms with Crippen LogP contribution in [0.5, 0.6) is 0 Å². The van der Waals surface area contributed by atoms with Crippen molar-refractivity contribution in [2.45, 2.75) is 38.0 Å². The molecular formula is C15H21F3N4. The van der Waals surface area contributed by atoms with Crippen molar-refractivity contribution in [3.63, 3.8) is 0 Å². The Bertz CT molecular complexity index is 530. The molecule has 7 heteroatoms. The lowest BCUT2D eigenvalue weighted by molar-refractivity contribution is -0.150. The molecular weight excluding hydrogens is 293 g/mol. The highest BCUT2D eigenvalue weighted by Gasteiger charge is 2.46. The van der Waals surface area contributed by atoms with E-state index >= 15 is 0 Å². The SMILES string of the molecule is C=C1NC(C(F)(F)F)CN1C(CCC)c1ccnc(NC)c1. The minimum atomic E-state index is -4.27. The maximum absolute atomic E-state index is 12.9. The number of nitrogens with zero attached hydrogens (tertiary/aromatic N) is 2. The fourth-order valence-electron chi connectivity index (χ4n) is 2.70. The molecule has 0 aliphatic carbocycles. The summed E-state index contributed by atoms with van der Waals surface area (Å²) in [6, 6.07) is 2.00. The van der Waals surface area contributed by atoms with E-state index in [0.717, 1.165) is 18.4 Å². The molecule has 2 atom stereocenters. The van der Waals surface area contributed by atoms with E-state index in [1.54, 1.807) is 18.1 Å². The van der Waals surface area contributed by atoms with Gasteiger partial charge >= 0.3 is 6.18 Å². The summed E-state index contributed by atoms with van der Waals surface area (Å²) in [5.41, 5.74) is 0.937. The Hall–Kier alpha value is -1.92. The van der Waals surface area contributed by atoms with Crippen LogP contribution in [0.3, 0.4) is 0 Å². The van der Waals surface area contributed by atoms with Crippen LogP contribution in [-0.4, -0.2) is 35.7 Å². The van der Waals surface area contributed by atoms with E-state index in [1.165, 1.54) is 0 Å². The maximum Gasteiger partial charge on any atom is 0.410 e. The van der Waals surface area contributed by atoms with Crippen LogP contribution in [0.2, 0.25) is 0 Å². The third-order valence-electron chi connectivity index (χ3n) is 3.83. The second-order valence-corrected chi connectivity index (χ2v) is 5.37. The molecule has 0 spiro atoms. The van der Waals surface area contributed by atoms with E-state index < -0.39 is 12.2 Å². The molecule has 2 rings (SSSR count). The van der Waals surface area contributed by atoms with Gasteiger partial charge in [0.1, 0.15) is 11.9 Å². The zero-order chi connectivity index (χ0) is 16.3. The maximum atomic E-state index is 12.9. The van der Waals surface area contributed by atoms with Crippen molar-refractivity contribution in [1.82, 2.24) is 15.2 Å². The predicted molar refractivity (Wildman–Crippen MR) is 80.3 cm³/mol. The van der Waals surface area contributed by atoms with Gasteiger partial charge in [-0.2, -0.15) is 13.2 Å². The Labute approximate surface area is 128 Å². The molecule has 1 fully saturated rings. The summed E-state index contributed by atoms with van der Waals surface area (Å²) in [4.78, 5) is 5.86. The smallest absolute Gasteiger partial charge is 0.373 e. The Kier molecular flexibility index (Phi) is 4.83. The first-order chi connectivity index (χ1) is 10.4. The fraction of sp³-hybridized carbons (Fsp3) is 0.533. The van der Waals surface area contributed by atoms with Crippen LogP contribution in [0.4, 0.5) is 19.0 Å². The van der Waals surface area contributed by atoms with Crippen LogP contribution < -0.4 is 10.6 Å². The van der Waals surface area contributed by atoms with E-state index in [-0.39, 0.29) is 12.6 Å². The summed E-state index contributed by atoms with van der Waals surface area (Å²) >= 11 is 0. The van der Waals surface area contributed by atoms with Gasteiger partial charge in [0, 0.05) is 19.8 Å². The van der Waals surface area contributed by atoms with Gasteiger partial charge in [-0.1, -0.05) is 19.9 Å². The molecule has 0 amide bonds. The normalized spacial score (nSPS) is 20.0. The number of rotatable bonds is 5. The fourth-order valence-corrected chi connectivity index (χ4v) is 2.70. The van der Waals surface area contributed by atoms with Crippen LogP contribution >= 0.6 is 0 Å². The quantitative estimate of drug-likeness (QED) is 0.875. The highest BCUT2D eigenvalue weighted by atomic mass is 19.4. The van der Waals surface area contributed by atoms with Crippen molar-refractivity contribution >= 4 is 5.82 Å². The van der Waals surface area contributed by atoms with Gasteiger partial charge in [-0.3, -0.25) is 0 Å². The molecule has 1 aliphatic heterocycles. The zero-order valence-electron chi connectivity index (χ0n) is 12.7. The minimum absolute atomic E-state index is 0.121. The number of halogens is 3. The third kappa shape index (κ3) is 3.45. The van der Waals surface area contributed by atoms with E-state index in [9.17, 15) is 13.2 Å². The Morgan fingerprint density at radius 2 is 2.27 bits per heavy atom. The molecule has 1 aromatic rings. The van der Waals surface area contributed by atoms with Crippen molar-refractivity contribution < 1.29 is 13.2 Å². The standard InChI is InChI=1S/C15H21F3N4/c1-4-5-12(11-6-7-20-14(8-11)19-3)22-9-13(15(16,17)18)21-10(22)2/h6-8,12-13,21H,2,4-5,9H2,1,3H3,(H,19,20). The van der Waals surface area contributed by atoms with Gasteiger partial charge in [0.25, 0.3) is 0 Å². The summed E-state index contributed by atoms with van der Waals surface area (Å²) < 4.78 is 38.8. The first kappa shape index (κ1) is 16.5. The van der Waals surface area contributed by atoms with Gasteiger partial charge in [0.2, 0.25) is 0 Å². The van der Waals surface area contributed by atoms with Crippen molar-refractivity contribution in [1.29, 1.82) is 0 Å². The lowest BCUT2D eigenvalue weighted by Gasteiger charge is -2.30. The van der Waals surface area contributed by atoms with E-state index in [4.69, 9.17) is 0 Å². The average molecular weight is 314 g/mol. The van der Waals surface area contributed by atoms with Crippen molar-refractivity contribution in [3.05, 3.63) is 36.3 Å². The number of pyridine rings is 1. The molecule has 0 aromatic carbocycles. The monoisotopic (exact) mass is 314 g/mol. The van der Waals surface area contributed by atoms with Crippen LogP contribution in [0, 0.1) is 0 Å². The summed E-state index contributed by atoms with van der Waals surface area (Å²) in [6.07, 6.45) is -0.999. The topological polar surface area (TPSA) is 40.2 Å². The van der Waals surface area contributed by atoms with Crippen molar-refractivity contribution in [3.8, 4) is 0 Å². The van der Waals surface area contributed by atoms with Crippen LogP contribution in [0.25, 0.3) is 0 Å². The van der Waals surface area contributed by atoms with Crippen LogP contribution in [-0.2, 0) is 0 Å². The lowest BCUT2D eigenvalue weighted by Crippen LogP contribution is -2.39. The summed E-state index contributed by atoms with van der Waals surface area (Å²) in [7, 11) is 1.76. The van der Waals surface area contributed by atoms with Crippen LogP contribution in [0.1, 0.15) is 31.4 Å². The predicted octanol–water partition coefficient (Wildman–Crippen LogP) is 3.27. The number of hydrogen-bond acceptors (Lipinski definition) is 4. The van der Waals surface area contributed by atoms with Gasteiger partial charge in [-0.25, -0.2) is 4.98 Å². The van der Waals surface area contributed by atoms with Gasteiger partial charge < -0.3 is 15.5 Å². The largest absolute Gasteiger partial charge is 0.410 e. The van der Waals surface area contributed by atoms with Gasteiger partial charge in [-0.05, 0) is 24.1 Å². The molecule has 1 aromatic heterocycles. The summed E-state index contributed by atoms with van der Waals surface area (Å²) in [5, 5.41) is 5.41. The van der Waals surface area contributed by atoms with Crippen LogP contribution in [0.15, 0.2) is 30.7 Å². The second-order valence-electron chi connectivity index (χ2n) is 5.37. The number of alkyl halides is 3. The van der Waals surface area contributed by atoms with Gasteiger partial charge in [-0.15, -0.1) is 0 Å². The molecule has 0 radical (unpaired) electrons. The summed E-state index contributed by atoms with van der Waals surface area (Å²) in [5.74, 6) is 1.02. The number of nitrogens with one attached hydrogen (secondary N) is 2. The Balaban J connectivity index is 2.26. The highest BCUT2D eigenvalue weighted by molar-refractivity contribution is 5.38. The third-order valence-corrected chi connectivity index (χ3v) is 3.83. The molecule has 2 heterocycles. The number of aromatic nitrogens is 1. The second kappa shape index (κ2) is 6.46. The van der Waals surface area contributed by atoms with Crippen molar-refractivity contribution in [2.75, 3.05) is 18.9 Å². The molecule has 22 heavy (non-hydrogen) atoms. The minimum Gasteiger partial charge on any atom is -0.373 e. The molecule has 0 saturated carbocycles. The molecule has 2 unspecified atom stereocenters. The van der Waals surface area contributed by atoms with Gasteiger partial charge in [0.05, 0.1) is 11.9 Å².